The van der Waals surface area contributed by atoms with Crippen molar-refractivity contribution in [1.82, 2.24) is 0 Å². The highest BCUT2D eigenvalue weighted by Gasteiger charge is 2.16. The molecule has 0 aliphatic carbocycles. The van der Waals surface area contributed by atoms with Gasteiger partial charge in [-0.25, -0.2) is 0 Å². The standard InChI is InChI=1S/C20H19ClN4O5/c1-3-29-18-8-6-14(10-19(18)30-4-2)23-12-13(11-22)20(26)24-15-5-7-16(21)17(9-15)25(27)28/h5-10,12,23H,3-4H2,1-2H3,(H,24,26)/b13-12-. The topological polar surface area (TPSA) is 127 Å². The van der Waals surface area contributed by atoms with Crippen molar-refractivity contribution < 1.29 is 19.2 Å². The lowest BCUT2D eigenvalue weighted by Crippen LogP contribution is -2.14. The van der Waals surface area contributed by atoms with Gasteiger partial charge in [0.2, 0.25) is 0 Å². The fraction of sp³-hybridized carbons (Fsp3) is 0.200. The van der Waals surface area contributed by atoms with Crippen molar-refractivity contribution in [3.63, 3.8) is 0 Å². The Bertz CT molecular complexity index is 1020. The van der Waals surface area contributed by atoms with Crippen LogP contribution in [-0.4, -0.2) is 24.0 Å². The van der Waals surface area contributed by atoms with Crippen LogP contribution in [0.2, 0.25) is 5.02 Å². The van der Waals surface area contributed by atoms with Crippen LogP contribution in [0.4, 0.5) is 17.1 Å². The summed E-state index contributed by atoms with van der Waals surface area (Å²) in [5.41, 5.74) is 0.119. The van der Waals surface area contributed by atoms with Gasteiger partial charge in [-0.05, 0) is 38.1 Å². The van der Waals surface area contributed by atoms with Gasteiger partial charge in [0.05, 0.1) is 18.1 Å². The third kappa shape index (κ3) is 5.86. The van der Waals surface area contributed by atoms with Crippen LogP contribution in [0.5, 0.6) is 11.5 Å². The quantitative estimate of drug-likeness (QED) is 0.259. The van der Waals surface area contributed by atoms with E-state index >= 15 is 0 Å². The van der Waals surface area contributed by atoms with Crippen molar-refractivity contribution in [3.8, 4) is 17.6 Å². The first-order valence-electron chi connectivity index (χ1n) is 8.91. The molecule has 2 rings (SSSR count). The van der Waals surface area contributed by atoms with E-state index in [0.717, 1.165) is 6.07 Å². The smallest absolute Gasteiger partial charge is 0.289 e. The minimum absolute atomic E-state index is 0.0590. The lowest BCUT2D eigenvalue weighted by Gasteiger charge is -2.12. The first-order valence-corrected chi connectivity index (χ1v) is 9.29. The van der Waals surface area contributed by atoms with Crippen molar-refractivity contribution in [3.05, 3.63) is 63.3 Å². The van der Waals surface area contributed by atoms with Crippen LogP contribution in [-0.2, 0) is 4.79 Å². The number of nitriles is 1. The van der Waals surface area contributed by atoms with Crippen LogP contribution < -0.4 is 20.1 Å². The third-order valence-electron chi connectivity index (χ3n) is 3.69. The zero-order valence-electron chi connectivity index (χ0n) is 16.3. The number of nitro benzene ring substituents is 1. The predicted octanol–water partition coefficient (Wildman–Crippen LogP) is 4.50. The number of nitrogens with zero attached hydrogens (tertiary/aromatic N) is 2. The normalized spacial score (nSPS) is 10.7. The first-order chi connectivity index (χ1) is 14.4. The molecule has 0 aliphatic heterocycles. The number of nitro groups is 1. The maximum atomic E-state index is 12.4. The first kappa shape index (κ1) is 22.5. The summed E-state index contributed by atoms with van der Waals surface area (Å²) in [5, 5.41) is 25.5. The van der Waals surface area contributed by atoms with Crippen molar-refractivity contribution in [2.24, 2.45) is 0 Å². The number of rotatable bonds is 9. The van der Waals surface area contributed by atoms with E-state index in [1.165, 1.54) is 18.3 Å². The van der Waals surface area contributed by atoms with E-state index in [1.807, 2.05) is 13.8 Å². The Balaban J connectivity index is 2.17. The molecule has 1 amide bonds. The SMILES string of the molecule is CCOc1ccc(N/C=C(/C#N)C(=O)Nc2ccc(Cl)c([N+](=O)[O-])c2)cc1OCC. The van der Waals surface area contributed by atoms with Gasteiger partial charge in [-0.15, -0.1) is 0 Å². The molecule has 0 fully saturated rings. The van der Waals surface area contributed by atoms with Crippen molar-refractivity contribution in [1.29, 1.82) is 5.26 Å². The van der Waals surface area contributed by atoms with Crippen LogP contribution >= 0.6 is 11.6 Å². The summed E-state index contributed by atoms with van der Waals surface area (Å²) in [6, 6.07) is 10.7. The summed E-state index contributed by atoms with van der Waals surface area (Å²) in [7, 11) is 0. The molecule has 0 spiro atoms. The van der Waals surface area contributed by atoms with Crippen LogP contribution in [0.3, 0.4) is 0 Å². The molecule has 9 nitrogen and oxygen atoms in total. The van der Waals surface area contributed by atoms with Gasteiger partial charge in [0.15, 0.2) is 11.5 Å². The van der Waals surface area contributed by atoms with Gasteiger partial charge in [-0.1, -0.05) is 11.6 Å². The number of hydrogen-bond donors (Lipinski definition) is 2. The molecular weight excluding hydrogens is 412 g/mol. The molecule has 0 radical (unpaired) electrons. The summed E-state index contributed by atoms with van der Waals surface area (Å²) in [6.45, 7) is 4.62. The minimum atomic E-state index is -0.738. The molecule has 30 heavy (non-hydrogen) atoms. The molecule has 2 aromatic carbocycles. The summed E-state index contributed by atoms with van der Waals surface area (Å²) in [5.74, 6) is 0.364. The summed E-state index contributed by atoms with van der Waals surface area (Å²) in [4.78, 5) is 22.6. The van der Waals surface area contributed by atoms with Crippen molar-refractivity contribution in [2.75, 3.05) is 23.8 Å². The highest BCUT2D eigenvalue weighted by Crippen LogP contribution is 2.31. The molecule has 10 heteroatoms. The maximum absolute atomic E-state index is 12.4. The largest absolute Gasteiger partial charge is 0.490 e. The van der Waals surface area contributed by atoms with Gasteiger partial charge < -0.3 is 20.1 Å². The molecule has 0 heterocycles. The third-order valence-corrected chi connectivity index (χ3v) is 4.01. The molecule has 2 N–H and O–H groups in total. The van der Waals surface area contributed by atoms with E-state index in [2.05, 4.69) is 10.6 Å². The predicted molar refractivity (Wildman–Crippen MR) is 113 cm³/mol. The molecule has 0 unspecified atom stereocenters. The van der Waals surface area contributed by atoms with Gasteiger partial charge in [0.1, 0.15) is 16.7 Å². The maximum Gasteiger partial charge on any atom is 0.289 e. The Morgan fingerprint density at radius 2 is 1.83 bits per heavy atom. The Hall–Kier alpha value is -3.77. The molecule has 156 valence electrons. The average Bonchev–Trinajstić information content (AvgIpc) is 2.71. The van der Waals surface area contributed by atoms with Gasteiger partial charge >= 0.3 is 0 Å². The number of carbonyl (C=O) groups excluding carboxylic acids is 1. The second-order valence-electron chi connectivity index (χ2n) is 5.72. The number of ether oxygens (including phenoxy) is 2. The Labute approximate surface area is 178 Å². The lowest BCUT2D eigenvalue weighted by molar-refractivity contribution is -0.384. The van der Waals surface area contributed by atoms with Crippen LogP contribution in [0.15, 0.2) is 48.2 Å². The highest BCUT2D eigenvalue weighted by atomic mass is 35.5. The second kappa shape index (κ2) is 10.7. The van der Waals surface area contributed by atoms with Gasteiger partial charge in [0, 0.05) is 29.7 Å². The van der Waals surface area contributed by atoms with Crippen LogP contribution in [0, 0.1) is 21.4 Å². The van der Waals surface area contributed by atoms with Gasteiger partial charge in [-0.3, -0.25) is 14.9 Å². The van der Waals surface area contributed by atoms with E-state index in [0.29, 0.717) is 30.4 Å². The van der Waals surface area contributed by atoms with E-state index in [9.17, 15) is 20.2 Å². The summed E-state index contributed by atoms with van der Waals surface area (Å²) >= 11 is 5.75. The molecule has 0 saturated heterocycles. The average molecular weight is 431 g/mol. The monoisotopic (exact) mass is 430 g/mol. The van der Waals surface area contributed by atoms with Crippen molar-refractivity contribution >= 4 is 34.6 Å². The Morgan fingerprint density at radius 3 is 2.47 bits per heavy atom. The summed E-state index contributed by atoms with van der Waals surface area (Å²) in [6.07, 6.45) is 1.23. The minimum Gasteiger partial charge on any atom is -0.490 e. The number of carbonyl (C=O) groups is 1. The number of halogens is 1. The van der Waals surface area contributed by atoms with Crippen LogP contribution in [0.25, 0.3) is 0 Å². The lowest BCUT2D eigenvalue weighted by atomic mass is 10.2. The van der Waals surface area contributed by atoms with E-state index in [4.69, 9.17) is 21.1 Å². The molecular formula is C20H19ClN4O5. The number of amides is 1. The fourth-order valence-electron chi connectivity index (χ4n) is 2.37. The van der Waals surface area contributed by atoms with Crippen LogP contribution in [0.1, 0.15) is 13.8 Å². The molecule has 0 aliphatic rings. The highest BCUT2D eigenvalue weighted by molar-refractivity contribution is 6.32. The number of nitrogens with one attached hydrogen (secondary N) is 2. The van der Waals surface area contributed by atoms with E-state index in [1.54, 1.807) is 24.3 Å². The zero-order chi connectivity index (χ0) is 22.1. The summed E-state index contributed by atoms with van der Waals surface area (Å²) < 4.78 is 11.0. The van der Waals surface area contributed by atoms with E-state index < -0.39 is 10.8 Å². The number of hydrogen-bond acceptors (Lipinski definition) is 7. The van der Waals surface area contributed by atoms with Gasteiger partial charge in [0.25, 0.3) is 11.6 Å². The van der Waals surface area contributed by atoms with Crippen molar-refractivity contribution in [2.45, 2.75) is 13.8 Å². The molecule has 0 atom stereocenters. The zero-order valence-corrected chi connectivity index (χ0v) is 17.0. The Morgan fingerprint density at radius 1 is 1.17 bits per heavy atom. The van der Waals surface area contributed by atoms with E-state index in [-0.39, 0.29) is 22.0 Å². The molecule has 0 bridgehead atoms. The van der Waals surface area contributed by atoms with Gasteiger partial charge in [-0.2, -0.15) is 5.26 Å². The number of benzene rings is 2. The second-order valence-corrected chi connectivity index (χ2v) is 6.13. The fourth-order valence-corrected chi connectivity index (χ4v) is 2.56. The Kier molecular flexibility index (Phi) is 8.02. The number of anilines is 2. The molecule has 0 aromatic heterocycles. The molecule has 2 aromatic rings. The molecule has 0 saturated carbocycles.